The topological polar surface area (TPSA) is 112 Å². The summed E-state index contributed by atoms with van der Waals surface area (Å²) in [5.74, 6) is 0.195. The minimum atomic E-state index is -0.682. The smallest absolute Gasteiger partial charge is 0.264 e. The molecule has 1 heterocycles. The minimum absolute atomic E-state index is 0.0267. The quantitative estimate of drug-likeness (QED) is 0.455. The van der Waals surface area contributed by atoms with Crippen molar-refractivity contribution in [2.75, 3.05) is 31.6 Å². The summed E-state index contributed by atoms with van der Waals surface area (Å²) in [4.78, 5) is 33.7. The maximum absolute atomic E-state index is 13.3. The van der Waals surface area contributed by atoms with Crippen LogP contribution in [0, 0.1) is 16.7 Å². The first-order valence-corrected chi connectivity index (χ1v) is 14.0. The summed E-state index contributed by atoms with van der Waals surface area (Å²) in [6, 6.07) is 9.16. The Balaban J connectivity index is 1.63. The molecule has 1 aromatic heterocycles. The Morgan fingerprint density at radius 3 is 2.57 bits per heavy atom. The van der Waals surface area contributed by atoms with Gasteiger partial charge in [0.15, 0.2) is 11.7 Å². The number of carbonyl (C=O) groups excluding carboxylic acids is 2. The predicted octanol–water partition coefficient (Wildman–Crippen LogP) is 3.83. The Bertz CT molecular complexity index is 1100. The standard InChI is InChI=1S/C28H39N3O5S/c1-5-31(6-2)24(35)14-19-25-20(15-21-27(19,3)13-12-22(33)28(21,4)17-32)37-26(30-25)29-23(34)16-36-18-10-8-7-9-11-18/h7-11,19,21-22,32-33H,5-6,12-17H2,1-4H3,(H,29,30,34). The van der Waals surface area contributed by atoms with Crippen molar-refractivity contribution >= 4 is 28.3 Å². The molecular formula is C28H39N3O5S. The summed E-state index contributed by atoms with van der Waals surface area (Å²) in [5, 5.41) is 24.7. The van der Waals surface area contributed by atoms with Gasteiger partial charge < -0.3 is 19.8 Å². The maximum Gasteiger partial charge on any atom is 0.264 e. The minimum Gasteiger partial charge on any atom is -0.484 e. The van der Waals surface area contributed by atoms with E-state index in [1.54, 1.807) is 12.1 Å². The Kier molecular flexibility index (Phi) is 8.26. The number of hydrogen-bond acceptors (Lipinski definition) is 7. The van der Waals surface area contributed by atoms with E-state index in [2.05, 4.69) is 12.2 Å². The van der Waals surface area contributed by atoms with Gasteiger partial charge in [-0.05, 0) is 56.6 Å². The molecular weight excluding hydrogens is 490 g/mol. The number of nitrogens with one attached hydrogen (secondary N) is 1. The third-order valence-corrected chi connectivity index (χ3v) is 9.76. The second-order valence-corrected chi connectivity index (χ2v) is 11.9. The number of hydrogen-bond donors (Lipinski definition) is 3. The van der Waals surface area contributed by atoms with Crippen LogP contribution in [0.1, 0.15) is 63.4 Å². The van der Waals surface area contributed by atoms with Crippen molar-refractivity contribution < 1.29 is 24.5 Å². The number of fused-ring (bicyclic) bond motifs is 2. The Hall–Kier alpha value is -2.49. The number of anilines is 1. The summed E-state index contributed by atoms with van der Waals surface area (Å²) < 4.78 is 5.57. The van der Waals surface area contributed by atoms with E-state index in [0.717, 1.165) is 17.0 Å². The highest BCUT2D eigenvalue weighted by atomic mass is 32.1. The first-order chi connectivity index (χ1) is 17.7. The van der Waals surface area contributed by atoms with Gasteiger partial charge in [-0.1, -0.05) is 32.0 Å². The summed E-state index contributed by atoms with van der Waals surface area (Å²) in [6.07, 6.45) is 1.66. The van der Waals surface area contributed by atoms with Crippen LogP contribution in [-0.2, 0) is 16.0 Å². The predicted molar refractivity (Wildman–Crippen MR) is 144 cm³/mol. The number of aliphatic hydroxyl groups is 2. The molecule has 8 nitrogen and oxygen atoms in total. The van der Waals surface area contributed by atoms with Gasteiger partial charge in [0.1, 0.15) is 5.75 Å². The molecule has 202 valence electrons. The van der Waals surface area contributed by atoms with E-state index in [-0.39, 0.29) is 42.3 Å². The summed E-state index contributed by atoms with van der Waals surface area (Å²) in [6.45, 7) is 9.12. The van der Waals surface area contributed by atoms with E-state index < -0.39 is 11.5 Å². The highest BCUT2D eigenvalue weighted by Gasteiger charge is 2.59. The molecule has 1 fully saturated rings. The molecule has 2 amide bonds. The van der Waals surface area contributed by atoms with E-state index in [9.17, 15) is 19.8 Å². The normalized spacial score (nSPS) is 28.6. The lowest BCUT2D eigenvalue weighted by Crippen LogP contribution is -2.57. The molecule has 4 rings (SSSR count). The van der Waals surface area contributed by atoms with Crippen molar-refractivity contribution in [2.24, 2.45) is 16.7 Å². The molecule has 0 radical (unpaired) electrons. The fraction of sp³-hybridized carbons (Fsp3) is 0.607. The third-order valence-electron chi connectivity index (χ3n) is 8.75. The average Bonchev–Trinajstić information content (AvgIpc) is 3.29. The van der Waals surface area contributed by atoms with Crippen LogP contribution in [0.4, 0.5) is 5.13 Å². The zero-order valence-electron chi connectivity index (χ0n) is 22.2. The molecule has 2 aromatic rings. The molecule has 1 saturated carbocycles. The van der Waals surface area contributed by atoms with Gasteiger partial charge >= 0.3 is 0 Å². The summed E-state index contributed by atoms with van der Waals surface area (Å²) in [7, 11) is 0. The number of para-hydroxylation sites is 1. The van der Waals surface area contributed by atoms with Gasteiger partial charge in [0.05, 0.1) is 18.4 Å². The Labute approximate surface area is 223 Å². The van der Waals surface area contributed by atoms with Crippen molar-refractivity contribution in [3.05, 3.63) is 40.9 Å². The van der Waals surface area contributed by atoms with Gasteiger partial charge in [0.2, 0.25) is 5.91 Å². The van der Waals surface area contributed by atoms with Gasteiger partial charge in [0, 0.05) is 35.7 Å². The van der Waals surface area contributed by atoms with E-state index in [1.165, 1.54) is 11.3 Å². The van der Waals surface area contributed by atoms with Gasteiger partial charge in [-0.2, -0.15) is 0 Å². The second-order valence-electron chi connectivity index (χ2n) is 10.8. The third kappa shape index (κ3) is 5.26. The largest absolute Gasteiger partial charge is 0.484 e. The van der Waals surface area contributed by atoms with Crippen LogP contribution in [0.25, 0.3) is 0 Å². The number of carbonyl (C=O) groups is 2. The Morgan fingerprint density at radius 1 is 1.22 bits per heavy atom. The summed E-state index contributed by atoms with van der Waals surface area (Å²) in [5.41, 5.74) is -0.142. The number of rotatable bonds is 9. The van der Waals surface area contributed by atoms with Gasteiger partial charge in [0.25, 0.3) is 5.91 Å². The molecule has 0 aliphatic heterocycles. The van der Waals surface area contributed by atoms with Crippen LogP contribution in [-0.4, -0.2) is 64.3 Å². The van der Waals surface area contributed by atoms with Crippen LogP contribution in [0.5, 0.6) is 5.75 Å². The van der Waals surface area contributed by atoms with Crippen LogP contribution >= 0.6 is 11.3 Å². The van der Waals surface area contributed by atoms with Gasteiger partial charge in [-0.15, -0.1) is 11.3 Å². The lowest BCUT2D eigenvalue weighted by atomic mass is 9.47. The van der Waals surface area contributed by atoms with Crippen molar-refractivity contribution in [2.45, 2.75) is 65.4 Å². The van der Waals surface area contributed by atoms with Crippen molar-refractivity contribution in [3.8, 4) is 5.75 Å². The second kappa shape index (κ2) is 11.1. The van der Waals surface area contributed by atoms with E-state index in [0.29, 0.717) is 43.2 Å². The molecule has 2 aliphatic rings. The van der Waals surface area contributed by atoms with Crippen LogP contribution in [0.3, 0.4) is 0 Å². The lowest BCUT2D eigenvalue weighted by molar-refractivity contribution is -0.147. The fourth-order valence-corrected chi connectivity index (χ4v) is 7.48. The van der Waals surface area contributed by atoms with Gasteiger partial charge in [-0.3, -0.25) is 14.9 Å². The Morgan fingerprint density at radius 2 is 1.92 bits per heavy atom. The summed E-state index contributed by atoms with van der Waals surface area (Å²) >= 11 is 1.42. The molecule has 0 bridgehead atoms. The number of nitrogens with zero attached hydrogens (tertiary/aromatic N) is 2. The number of aromatic nitrogens is 1. The molecule has 3 N–H and O–H groups in total. The van der Waals surface area contributed by atoms with Crippen LogP contribution in [0.15, 0.2) is 30.3 Å². The van der Waals surface area contributed by atoms with Gasteiger partial charge in [-0.25, -0.2) is 4.98 Å². The highest BCUT2D eigenvalue weighted by Crippen LogP contribution is 2.62. The number of thiazole rings is 1. The molecule has 5 atom stereocenters. The zero-order chi connectivity index (χ0) is 26.8. The molecule has 9 heteroatoms. The first kappa shape index (κ1) is 27.5. The molecule has 0 spiro atoms. The number of amides is 2. The van der Waals surface area contributed by atoms with Crippen molar-refractivity contribution in [3.63, 3.8) is 0 Å². The molecule has 37 heavy (non-hydrogen) atoms. The van der Waals surface area contributed by atoms with Crippen molar-refractivity contribution in [1.82, 2.24) is 9.88 Å². The number of benzene rings is 1. The number of aliphatic hydroxyl groups excluding tert-OH is 2. The lowest BCUT2D eigenvalue weighted by Gasteiger charge is -2.58. The van der Waals surface area contributed by atoms with Crippen LogP contribution < -0.4 is 10.1 Å². The molecule has 2 aliphatic carbocycles. The molecule has 0 saturated heterocycles. The van der Waals surface area contributed by atoms with Crippen LogP contribution in [0.2, 0.25) is 0 Å². The molecule has 1 aromatic carbocycles. The monoisotopic (exact) mass is 529 g/mol. The number of ether oxygens (including phenoxy) is 1. The zero-order valence-corrected chi connectivity index (χ0v) is 23.0. The SMILES string of the molecule is CCN(CC)C(=O)CC1c2nc(NC(=O)COc3ccccc3)sc2CC2C(C)(CO)C(O)CCC12C. The maximum atomic E-state index is 13.3. The van der Waals surface area contributed by atoms with E-state index in [1.807, 2.05) is 43.9 Å². The van der Waals surface area contributed by atoms with Crippen molar-refractivity contribution in [1.29, 1.82) is 0 Å². The average molecular weight is 530 g/mol. The van der Waals surface area contributed by atoms with E-state index in [4.69, 9.17) is 9.72 Å². The fourth-order valence-electron chi connectivity index (χ4n) is 6.40. The van der Waals surface area contributed by atoms with E-state index >= 15 is 0 Å². The molecule has 5 unspecified atom stereocenters. The first-order valence-electron chi connectivity index (χ1n) is 13.2. The highest BCUT2D eigenvalue weighted by molar-refractivity contribution is 7.15.